The molecule has 1 saturated heterocycles. The van der Waals surface area contributed by atoms with Crippen molar-refractivity contribution < 1.29 is 4.74 Å². The van der Waals surface area contributed by atoms with Crippen molar-refractivity contribution in [1.82, 2.24) is 10.2 Å². The first-order chi connectivity index (χ1) is 10.7. The molecule has 1 N–H and O–H groups in total. The summed E-state index contributed by atoms with van der Waals surface area (Å²) in [6.45, 7) is 5.16. The minimum Gasteiger partial charge on any atom is -0.489 e. The average Bonchev–Trinajstić information content (AvgIpc) is 2.95. The van der Waals surface area contributed by atoms with E-state index in [0.717, 1.165) is 24.8 Å². The molecule has 23 heavy (non-hydrogen) atoms. The van der Waals surface area contributed by atoms with Gasteiger partial charge >= 0.3 is 0 Å². The third-order valence-electron chi connectivity index (χ3n) is 4.99. The lowest BCUT2D eigenvalue weighted by molar-refractivity contribution is 0.151. The molecule has 1 saturated carbocycles. The van der Waals surface area contributed by atoms with Gasteiger partial charge in [-0.2, -0.15) is 0 Å². The Morgan fingerprint density at radius 3 is 2.61 bits per heavy atom. The van der Waals surface area contributed by atoms with Gasteiger partial charge in [0.05, 0.1) is 6.54 Å². The van der Waals surface area contributed by atoms with Crippen LogP contribution < -0.4 is 10.1 Å². The summed E-state index contributed by atoms with van der Waals surface area (Å²) in [6.07, 6.45) is 5.63. The summed E-state index contributed by atoms with van der Waals surface area (Å²) in [5.41, 5.74) is 0.601. The van der Waals surface area contributed by atoms with E-state index in [1.807, 2.05) is 37.4 Å². The number of nitrogens with one attached hydrogen (secondary N) is 1. The highest BCUT2D eigenvalue weighted by Gasteiger charge is 2.43. The van der Waals surface area contributed by atoms with Crippen LogP contribution in [0.15, 0.2) is 35.3 Å². The number of nitrogens with zero attached hydrogens (tertiary/aromatic N) is 2. The highest BCUT2D eigenvalue weighted by molar-refractivity contribution is 14.0. The lowest BCUT2D eigenvalue weighted by Crippen LogP contribution is -2.45. The molecule has 1 unspecified atom stereocenters. The summed E-state index contributed by atoms with van der Waals surface area (Å²) in [7, 11) is 1.87. The van der Waals surface area contributed by atoms with E-state index in [0.29, 0.717) is 5.41 Å². The number of halogens is 1. The zero-order valence-corrected chi connectivity index (χ0v) is 16.5. The topological polar surface area (TPSA) is 36.9 Å². The molecule has 1 aliphatic carbocycles. The van der Waals surface area contributed by atoms with Gasteiger partial charge in [0, 0.05) is 20.1 Å². The van der Waals surface area contributed by atoms with Gasteiger partial charge in [0.15, 0.2) is 5.96 Å². The van der Waals surface area contributed by atoms with Crippen molar-refractivity contribution in [3.63, 3.8) is 0 Å². The number of likely N-dealkylation sites (tertiary alicyclic amines) is 1. The highest BCUT2D eigenvalue weighted by atomic mass is 127. The molecule has 1 atom stereocenters. The van der Waals surface area contributed by atoms with Crippen LogP contribution in [0.5, 0.6) is 5.75 Å². The van der Waals surface area contributed by atoms with Crippen LogP contribution in [0.25, 0.3) is 0 Å². The van der Waals surface area contributed by atoms with Crippen LogP contribution in [0.4, 0.5) is 0 Å². The van der Waals surface area contributed by atoms with E-state index < -0.39 is 0 Å². The van der Waals surface area contributed by atoms with Crippen LogP contribution in [0, 0.1) is 5.41 Å². The Morgan fingerprint density at radius 2 is 2.04 bits per heavy atom. The fourth-order valence-electron chi connectivity index (χ4n) is 3.54. The molecule has 1 aliphatic heterocycles. The van der Waals surface area contributed by atoms with E-state index >= 15 is 0 Å². The molecule has 1 aromatic rings. The van der Waals surface area contributed by atoms with Crippen molar-refractivity contribution in [2.45, 2.75) is 38.7 Å². The Bertz CT molecular complexity index is 516. The lowest BCUT2D eigenvalue weighted by atomic mass is 9.68. The minimum absolute atomic E-state index is 0. The molecular weight excluding hydrogens is 401 g/mol. The molecule has 5 heteroatoms. The number of benzene rings is 1. The number of ether oxygens (including phenoxy) is 1. The number of guanidine groups is 1. The molecule has 1 spiro atoms. The Balaban J connectivity index is 0.00000192. The predicted octanol–water partition coefficient (Wildman–Crippen LogP) is 3.52. The SMILES string of the molecule is CN=C(NCC(C)Oc1ccccc1)N1CCC2(CCC2)C1.I. The average molecular weight is 429 g/mol. The summed E-state index contributed by atoms with van der Waals surface area (Å²) < 4.78 is 5.91. The second-order valence-electron chi connectivity index (χ2n) is 6.69. The number of hydrogen-bond acceptors (Lipinski definition) is 2. The van der Waals surface area contributed by atoms with Gasteiger partial charge in [-0.1, -0.05) is 24.6 Å². The first-order valence-electron chi connectivity index (χ1n) is 8.38. The van der Waals surface area contributed by atoms with Crippen LogP contribution in [0.2, 0.25) is 0 Å². The predicted molar refractivity (Wildman–Crippen MR) is 106 cm³/mol. The van der Waals surface area contributed by atoms with Crippen molar-refractivity contribution in [2.75, 3.05) is 26.7 Å². The van der Waals surface area contributed by atoms with Crippen molar-refractivity contribution in [3.8, 4) is 5.75 Å². The van der Waals surface area contributed by atoms with Crippen LogP contribution in [0.1, 0.15) is 32.6 Å². The van der Waals surface area contributed by atoms with Crippen LogP contribution >= 0.6 is 24.0 Å². The lowest BCUT2D eigenvalue weighted by Gasteiger charge is -2.38. The Kier molecular flexibility index (Phi) is 6.56. The molecule has 1 heterocycles. The Morgan fingerprint density at radius 1 is 1.30 bits per heavy atom. The minimum atomic E-state index is 0. The van der Waals surface area contributed by atoms with Gasteiger partial charge in [0.2, 0.25) is 0 Å². The van der Waals surface area contributed by atoms with Crippen LogP contribution in [-0.2, 0) is 0 Å². The third kappa shape index (κ3) is 4.52. The maximum absolute atomic E-state index is 5.91. The van der Waals surface area contributed by atoms with Gasteiger partial charge < -0.3 is 15.0 Å². The number of rotatable bonds is 4. The zero-order chi connectivity index (χ0) is 15.4. The summed E-state index contributed by atoms with van der Waals surface area (Å²) in [5.74, 6) is 1.94. The maximum Gasteiger partial charge on any atom is 0.193 e. The summed E-state index contributed by atoms with van der Waals surface area (Å²) in [5, 5.41) is 3.47. The van der Waals surface area contributed by atoms with Crippen molar-refractivity contribution >= 4 is 29.9 Å². The molecule has 3 rings (SSSR count). The normalized spacial score (nSPS) is 20.6. The van der Waals surface area contributed by atoms with Gasteiger partial charge in [-0.15, -0.1) is 24.0 Å². The van der Waals surface area contributed by atoms with Crippen molar-refractivity contribution in [1.29, 1.82) is 0 Å². The molecule has 0 amide bonds. The molecule has 0 aromatic heterocycles. The van der Waals surface area contributed by atoms with Gasteiger partial charge in [0.25, 0.3) is 0 Å². The molecule has 1 aromatic carbocycles. The van der Waals surface area contributed by atoms with Gasteiger partial charge in [-0.3, -0.25) is 4.99 Å². The van der Waals surface area contributed by atoms with Crippen LogP contribution in [-0.4, -0.2) is 43.6 Å². The fourth-order valence-corrected chi connectivity index (χ4v) is 3.54. The van der Waals surface area contributed by atoms with Crippen molar-refractivity contribution in [3.05, 3.63) is 30.3 Å². The molecule has 128 valence electrons. The monoisotopic (exact) mass is 429 g/mol. The first-order valence-corrected chi connectivity index (χ1v) is 8.38. The van der Waals surface area contributed by atoms with Gasteiger partial charge in [-0.25, -0.2) is 0 Å². The second kappa shape index (κ2) is 8.22. The Hall–Kier alpha value is -0.980. The summed E-state index contributed by atoms with van der Waals surface area (Å²) >= 11 is 0. The number of para-hydroxylation sites is 1. The highest BCUT2D eigenvalue weighted by Crippen LogP contribution is 2.47. The number of hydrogen-bond donors (Lipinski definition) is 1. The van der Waals surface area contributed by atoms with E-state index in [4.69, 9.17) is 4.74 Å². The zero-order valence-electron chi connectivity index (χ0n) is 14.1. The second-order valence-corrected chi connectivity index (χ2v) is 6.69. The smallest absolute Gasteiger partial charge is 0.193 e. The first kappa shape index (κ1) is 18.4. The summed E-state index contributed by atoms with van der Waals surface area (Å²) in [6, 6.07) is 9.98. The number of aliphatic imine (C=N–C) groups is 1. The maximum atomic E-state index is 5.91. The van der Waals surface area contributed by atoms with E-state index in [9.17, 15) is 0 Å². The molecule has 2 aliphatic rings. The van der Waals surface area contributed by atoms with Crippen molar-refractivity contribution in [2.24, 2.45) is 10.4 Å². The molecule has 2 fully saturated rings. The molecule has 4 nitrogen and oxygen atoms in total. The summed E-state index contributed by atoms with van der Waals surface area (Å²) in [4.78, 5) is 6.86. The van der Waals surface area contributed by atoms with E-state index in [1.165, 1.54) is 32.2 Å². The van der Waals surface area contributed by atoms with E-state index in [2.05, 4.69) is 22.1 Å². The van der Waals surface area contributed by atoms with E-state index in [-0.39, 0.29) is 30.1 Å². The molecule has 0 radical (unpaired) electrons. The third-order valence-corrected chi connectivity index (χ3v) is 4.99. The van der Waals surface area contributed by atoms with Gasteiger partial charge in [0.1, 0.15) is 11.9 Å². The molecular formula is C18H28IN3O. The van der Waals surface area contributed by atoms with Gasteiger partial charge in [-0.05, 0) is 43.7 Å². The molecule has 0 bridgehead atoms. The van der Waals surface area contributed by atoms with E-state index in [1.54, 1.807) is 0 Å². The Labute approximate surface area is 156 Å². The standard InChI is InChI=1S/C18H27N3O.HI/c1-15(22-16-7-4-3-5-8-16)13-20-17(19-2)21-12-11-18(14-21)9-6-10-18;/h3-5,7-8,15H,6,9-14H2,1-2H3,(H,19,20);1H. The fraction of sp³-hybridized carbons (Fsp3) is 0.611. The quantitative estimate of drug-likeness (QED) is 0.452. The largest absolute Gasteiger partial charge is 0.489 e. The van der Waals surface area contributed by atoms with Crippen LogP contribution in [0.3, 0.4) is 0 Å².